The molecule has 0 N–H and O–H groups in total. The summed E-state index contributed by atoms with van der Waals surface area (Å²) in [5.41, 5.74) is 2.71. The van der Waals surface area contributed by atoms with Gasteiger partial charge in [-0.15, -0.1) is 11.3 Å². The van der Waals surface area contributed by atoms with Crippen LogP contribution >= 0.6 is 11.3 Å². The van der Waals surface area contributed by atoms with Crippen molar-refractivity contribution < 1.29 is 17.6 Å². The van der Waals surface area contributed by atoms with Gasteiger partial charge in [-0.1, -0.05) is 17.7 Å². The quantitative estimate of drug-likeness (QED) is 0.653. The first-order valence-corrected chi connectivity index (χ1v) is 11.6. The van der Waals surface area contributed by atoms with Gasteiger partial charge in [0.2, 0.25) is 5.91 Å². The van der Waals surface area contributed by atoms with E-state index in [1.807, 2.05) is 42.6 Å². The molecule has 1 aliphatic rings. The number of benzene rings is 1. The molecule has 1 atom stereocenters. The third-order valence-corrected chi connectivity index (χ3v) is 7.64. The lowest BCUT2D eigenvalue weighted by atomic mass is 10.1. The van der Waals surface area contributed by atoms with Gasteiger partial charge in [-0.25, -0.2) is 8.42 Å². The molecule has 3 aromatic rings. The molecule has 2 aromatic heterocycles. The van der Waals surface area contributed by atoms with Crippen molar-refractivity contribution in [3.8, 4) is 0 Å². The molecule has 27 heavy (non-hydrogen) atoms. The molecule has 0 bridgehead atoms. The number of furan rings is 1. The second kappa shape index (κ2) is 7.13. The number of sulfone groups is 1. The van der Waals surface area contributed by atoms with E-state index in [9.17, 15) is 13.2 Å². The zero-order valence-electron chi connectivity index (χ0n) is 15.1. The maximum atomic E-state index is 13.2. The fourth-order valence-corrected chi connectivity index (χ4v) is 6.04. The first kappa shape index (κ1) is 18.3. The first-order chi connectivity index (χ1) is 12.9. The van der Waals surface area contributed by atoms with Crippen LogP contribution in [0.2, 0.25) is 0 Å². The number of carbonyl (C=O) groups is 1. The summed E-state index contributed by atoms with van der Waals surface area (Å²) in [6, 6.07) is 9.57. The molecule has 0 radical (unpaired) electrons. The third-order valence-electron chi connectivity index (χ3n) is 5.03. The van der Waals surface area contributed by atoms with Gasteiger partial charge in [-0.05, 0) is 36.9 Å². The number of fused-ring (bicyclic) bond motifs is 1. The molecule has 0 saturated carbocycles. The highest BCUT2D eigenvalue weighted by Gasteiger charge is 2.35. The van der Waals surface area contributed by atoms with Crippen molar-refractivity contribution in [3.05, 3.63) is 58.0 Å². The Morgan fingerprint density at radius 1 is 1.33 bits per heavy atom. The summed E-state index contributed by atoms with van der Waals surface area (Å²) in [4.78, 5) is 16.0. The predicted molar refractivity (Wildman–Crippen MR) is 107 cm³/mol. The smallest absolute Gasteiger partial charge is 0.227 e. The van der Waals surface area contributed by atoms with E-state index in [1.165, 1.54) is 0 Å². The van der Waals surface area contributed by atoms with Crippen molar-refractivity contribution in [2.45, 2.75) is 32.4 Å². The van der Waals surface area contributed by atoms with Crippen LogP contribution in [0.1, 0.15) is 22.4 Å². The number of nitrogens with zero attached hydrogens (tertiary/aromatic N) is 1. The molecule has 5 nitrogen and oxygen atoms in total. The second-order valence-electron chi connectivity index (χ2n) is 7.10. The topological polar surface area (TPSA) is 67.6 Å². The highest BCUT2D eigenvalue weighted by atomic mass is 32.2. The Morgan fingerprint density at radius 3 is 2.89 bits per heavy atom. The minimum absolute atomic E-state index is 0.0510. The lowest BCUT2D eigenvalue weighted by molar-refractivity contribution is -0.133. The van der Waals surface area contributed by atoms with Gasteiger partial charge in [0.1, 0.15) is 5.58 Å². The SMILES string of the molecule is Cc1ccc2occ(CC(=O)N(Cc3cccs3)[C@@H]3CCS(=O)(=O)C3)c2c1. The van der Waals surface area contributed by atoms with Crippen LogP contribution in [-0.2, 0) is 27.6 Å². The van der Waals surface area contributed by atoms with Crippen molar-refractivity contribution in [1.29, 1.82) is 0 Å². The highest BCUT2D eigenvalue weighted by Crippen LogP contribution is 2.26. The molecule has 142 valence electrons. The maximum absolute atomic E-state index is 13.2. The normalized spacial score (nSPS) is 18.8. The number of amides is 1. The van der Waals surface area contributed by atoms with Crippen LogP contribution < -0.4 is 0 Å². The molecule has 3 heterocycles. The number of aryl methyl sites for hydroxylation is 1. The van der Waals surface area contributed by atoms with Crippen LogP contribution in [0.25, 0.3) is 11.0 Å². The van der Waals surface area contributed by atoms with Gasteiger partial charge in [-0.3, -0.25) is 4.79 Å². The van der Waals surface area contributed by atoms with Crippen molar-refractivity contribution >= 4 is 38.1 Å². The molecule has 1 fully saturated rings. The lowest BCUT2D eigenvalue weighted by Crippen LogP contribution is -2.41. The molecule has 1 saturated heterocycles. The largest absolute Gasteiger partial charge is 0.464 e. The van der Waals surface area contributed by atoms with E-state index in [4.69, 9.17) is 4.42 Å². The number of hydrogen-bond acceptors (Lipinski definition) is 5. The summed E-state index contributed by atoms with van der Waals surface area (Å²) in [7, 11) is -3.06. The maximum Gasteiger partial charge on any atom is 0.227 e. The van der Waals surface area contributed by atoms with Crippen LogP contribution in [-0.4, -0.2) is 36.8 Å². The van der Waals surface area contributed by atoms with Gasteiger partial charge in [0.05, 0.1) is 30.7 Å². The van der Waals surface area contributed by atoms with Crippen LogP contribution in [0.15, 0.2) is 46.4 Å². The number of rotatable bonds is 5. The van der Waals surface area contributed by atoms with Crippen LogP contribution in [0, 0.1) is 6.92 Å². The van der Waals surface area contributed by atoms with Crippen molar-refractivity contribution in [1.82, 2.24) is 4.90 Å². The average Bonchev–Trinajstić information content (AvgIpc) is 3.34. The molecule has 1 aromatic carbocycles. The van der Waals surface area contributed by atoms with Crippen LogP contribution in [0.3, 0.4) is 0 Å². The summed E-state index contributed by atoms with van der Waals surface area (Å²) in [6.45, 7) is 2.45. The van der Waals surface area contributed by atoms with E-state index in [2.05, 4.69) is 0 Å². The Hall–Kier alpha value is -2.12. The monoisotopic (exact) mass is 403 g/mol. The molecule has 1 amide bonds. The van der Waals surface area contributed by atoms with Crippen molar-refractivity contribution in [3.63, 3.8) is 0 Å². The fourth-order valence-electron chi connectivity index (χ4n) is 3.61. The van der Waals surface area contributed by atoms with E-state index in [-0.39, 0.29) is 29.9 Å². The summed E-state index contributed by atoms with van der Waals surface area (Å²) < 4.78 is 29.5. The Bertz CT molecular complexity index is 1070. The van der Waals surface area contributed by atoms with Gasteiger partial charge in [0, 0.05) is 21.9 Å². The molecule has 4 rings (SSSR count). The number of hydrogen-bond donors (Lipinski definition) is 0. The molecule has 7 heteroatoms. The fraction of sp³-hybridized carbons (Fsp3) is 0.350. The zero-order valence-corrected chi connectivity index (χ0v) is 16.7. The molecule has 0 unspecified atom stereocenters. The molecular formula is C20H21NO4S2. The Balaban J connectivity index is 1.60. The van der Waals surface area contributed by atoms with E-state index < -0.39 is 9.84 Å². The standard InChI is InChI=1S/C20H21NO4S2/c1-14-4-5-19-18(9-14)15(12-25-19)10-20(22)21(11-17-3-2-7-26-17)16-6-8-27(23,24)13-16/h2-5,7,9,12,16H,6,8,10-11,13H2,1H3/t16-/m1/s1. The van der Waals surface area contributed by atoms with Crippen LogP contribution in [0.4, 0.5) is 0 Å². The molecular weight excluding hydrogens is 382 g/mol. The summed E-state index contributed by atoms with van der Waals surface area (Å²) in [5, 5.41) is 2.91. The van der Waals surface area contributed by atoms with E-state index in [0.29, 0.717) is 13.0 Å². The third kappa shape index (κ3) is 3.94. The minimum atomic E-state index is -3.06. The first-order valence-electron chi connectivity index (χ1n) is 8.90. The van der Waals surface area contributed by atoms with Crippen molar-refractivity contribution in [2.24, 2.45) is 0 Å². The summed E-state index contributed by atoms with van der Waals surface area (Å²) >= 11 is 1.58. The Labute approximate surface area is 162 Å². The minimum Gasteiger partial charge on any atom is -0.464 e. The highest BCUT2D eigenvalue weighted by molar-refractivity contribution is 7.91. The average molecular weight is 404 g/mol. The van der Waals surface area contributed by atoms with E-state index in [0.717, 1.165) is 27.0 Å². The summed E-state index contributed by atoms with van der Waals surface area (Å²) in [5.74, 6) is 0.143. The predicted octanol–water partition coefficient (Wildman–Crippen LogP) is 3.56. The summed E-state index contributed by atoms with van der Waals surface area (Å²) in [6.07, 6.45) is 2.35. The Morgan fingerprint density at radius 2 is 2.19 bits per heavy atom. The van der Waals surface area contributed by atoms with E-state index in [1.54, 1.807) is 22.5 Å². The van der Waals surface area contributed by atoms with Gasteiger partial charge >= 0.3 is 0 Å². The Kier molecular flexibility index (Phi) is 4.82. The molecule has 0 aliphatic carbocycles. The lowest BCUT2D eigenvalue weighted by Gasteiger charge is -2.28. The second-order valence-corrected chi connectivity index (χ2v) is 10.4. The van der Waals surface area contributed by atoms with Crippen LogP contribution in [0.5, 0.6) is 0 Å². The van der Waals surface area contributed by atoms with Gasteiger partial charge < -0.3 is 9.32 Å². The van der Waals surface area contributed by atoms with Crippen molar-refractivity contribution in [2.75, 3.05) is 11.5 Å². The number of thiophene rings is 1. The molecule has 0 spiro atoms. The van der Waals surface area contributed by atoms with Gasteiger partial charge in [0.15, 0.2) is 9.84 Å². The number of carbonyl (C=O) groups excluding carboxylic acids is 1. The van der Waals surface area contributed by atoms with Gasteiger partial charge in [-0.2, -0.15) is 0 Å². The molecule has 1 aliphatic heterocycles. The zero-order chi connectivity index (χ0) is 19.0. The van der Waals surface area contributed by atoms with E-state index >= 15 is 0 Å². The van der Waals surface area contributed by atoms with Gasteiger partial charge in [0.25, 0.3) is 0 Å².